The van der Waals surface area contributed by atoms with Crippen LogP contribution < -0.4 is 10.6 Å². The Labute approximate surface area is 103 Å². The second-order valence-corrected chi connectivity index (χ2v) is 4.30. The Balaban J connectivity index is 3.10. The second kappa shape index (κ2) is 4.91. The Bertz CT molecular complexity index is 429. The molecule has 1 aromatic carbocycles. The molecule has 0 bridgehead atoms. The first-order valence-corrected chi connectivity index (χ1v) is 5.30. The van der Waals surface area contributed by atoms with Gasteiger partial charge in [-0.1, -0.05) is 18.3 Å². The Morgan fingerprint density at radius 1 is 1.41 bits per heavy atom. The van der Waals surface area contributed by atoms with Crippen molar-refractivity contribution in [1.82, 2.24) is 0 Å². The zero-order valence-electron chi connectivity index (χ0n) is 9.51. The number of hydrogen-bond acceptors (Lipinski definition) is 2. The van der Waals surface area contributed by atoms with Gasteiger partial charge in [-0.15, -0.1) is 0 Å². The lowest BCUT2D eigenvalue weighted by Crippen LogP contribution is -2.32. The van der Waals surface area contributed by atoms with E-state index in [1.807, 2.05) is 0 Å². The van der Waals surface area contributed by atoms with Crippen molar-refractivity contribution in [2.24, 2.45) is 5.73 Å². The van der Waals surface area contributed by atoms with E-state index in [9.17, 15) is 13.2 Å². The van der Waals surface area contributed by atoms with Crippen LogP contribution in [0, 0.1) is 6.92 Å². The summed E-state index contributed by atoms with van der Waals surface area (Å²) >= 11 is 4.82. The molecule has 2 nitrogen and oxygen atoms in total. The minimum absolute atomic E-state index is 0.0917. The highest BCUT2D eigenvalue weighted by Gasteiger charge is 2.30. The molecule has 0 saturated carbocycles. The number of benzene rings is 1. The fourth-order valence-corrected chi connectivity index (χ4v) is 1.69. The van der Waals surface area contributed by atoms with Gasteiger partial charge in [-0.2, -0.15) is 13.2 Å². The van der Waals surface area contributed by atoms with Crippen LogP contribution in [-0.4, -0.2) is 24.8 Å². The predicted molar refractivity (Wildman–Crippen MR) is 66.4 cm³/mol. The summed E-state index contributed by atoms with van der Waals surface area (Å²) in [7, 11) is 1.37. The van der Waals surface area contributed by atoms with Crippen LogP contribution in [0.25, 0.3) is 0 Å². The molecule has 17 heavy (non-hydrogen) atoms. The lowest BCUT2D eigenvalue weighted by molar-refractivity contribution is -0.119. The van der Waals surface area contributed by atoms with Crippen molar-refractivity contribution in [2.75, 3.05) is 18.5 Å². The van der Waals surface area contributed by atoms with E-state index in [2.05, 4.69) is 0 Å². The SMILES string of the molecule is Cc1ccc(C(N)=S)c(N(C)CC(F)(F)F)c1. The molecular weight excluding hydrogens is 249 g/mol. The van der Waals surface area contributed by atoms with Gasteiger partial charge in [-0.3, -0.25) is 0 Å². The number of hydrogen-bond donors (Lipinski definition) is 1. The van der Waals surface area contributed by atoms with E-state index in [-0.39, 0.29) is 4.99 Å². The molecule has 0 fully saturated rings. The molecule has 0 spiro atoms. The number of alkyl halides is 3. The first kappa shape index (κ1) is 13.8. The summed E-state index contributed by atoms with van der Waals surface area (Å²) in [5.74, 6) is 0. The summed E-state index contributed by atoms with van der Waals surface area (Å²) in [6, 6.07) is 5.04. The summed E-state index contributed by atoms with van der Waals surface area (Å²) in [6.07, 6.45) is -4.26. The van der Waals surface area contributed by atoms with Crippen LogP contribution in [0.1, 0.15) is 11.1 Å². The van der Waals surface area contributed by atoms with E-state index in [0.29, 0.717) is 11.3 Å². The lowest BCUT2D eigenvalue weighted by Gasteiger charge is -2.23. The van der Waals surface area contributed by atoms with Crippen molar-refractivity contribution in [1.29, 1.82) is 0 Å². The third kappa shape index (κ3) is 3.89. The molecule has 2 N–H and O–H groups in total. The Morgan fingerprint density at radius 2 is 2.00 bits per heavy atom. The fraction of sp³-hybridized carbons (Fsp3) is 0.364. The van der Waals surface area contributed by atoms with Crippen LogP contribution in [0.4, 0.5) is 18.9 Å². The van der Waals surface area contributed by atoms with Crippen molar-refractivity contribution >= 4 is 22.9 Å². The first-order chi connectivity index (χ1) is 7.70. The first-order valence-electron chi connectivity index (χ1n) is 4.89. The van der Waals surface area contributed by atoms with Gasteiger partial charge in [0.25, 0.3) is 0 Å². The summed E-state index contributed by atoms with van der Waals surface area (Å²) in [4.78, 5) is 1.19. The summed E-state index contributed by atoms with van der Waals surface area (Å²) in [5.41, 5.74) is 7.20. The molecule has 0 amide bonds. The number of halogens is 3. The number of thiocarbonyl (C=S) groups is 1. The lowest BCUT2D eigenvalue weighted by atomic mass is 10.1. The highest BCUT2D eigenvalue weighted by Crippen LogP contribution is 2.25. The Hall–Kier alpha value is -1.30. The Kier molecular flexibility index (Phi) is 3.98. The summed E-state index contributed by atoms with van der Waals surface area (Å²) in [5, 5.41) is 0. The van der Waals surface area contributed by atoms with Gasteiger partial charge >= 0.3 is 6.18 Å². The molecule has 0 aromatic heterocycles. The van der Waals surface area contributed by atoms with Crippen LogP contribution in [0.15, 0.2) is 18.2 Å². The molecular formula is C11H13F3N2S. The van der Waals surface area contributed by atoms with Gasteiger partial charge in [0.05, 0.1) is 0 Å². The Morgan fingerprint density at radius 3 is 2.47 bits per heavy atom. The molecule has 0 aliphatic carbocycles. The molecule has 0 atom stereocenters. The zero-order chi connectivity index (χ0) is 13.2. The summed E-state index contributed by atoms with van der Waals surface area (Å²) < 4.78 is 37.0. The maximum Gasteiger partial charge on any atom is 0.405 e. The fourth-order valence-electron chi connectivity index (χ4n) is 1.52. The van der Waals surface area contributed by atoms with E-state index in [0.717, 1.165) is 10.5 Å². The molecule has 0 radical (unpaired) electrons. The standard InChI is InChI=1S/C11H13F3N2S/c1-7-3-4-8(10(15)17)9(5-7)16(2)6-11(12,13)14/h3-5H,6H2,1-2H3,(H2,15,17). The van der Waals surface area contributed by atoms with Crippen LogP contribution in [0.2, 0.25) is 0 Å². The molecule has 1 aromatic rings. The van der Waals surface area contributed by atoms with Gasteiger partial charge in [0.2, 0.25) is 0 Å². The van der Waals surface area contributed by atoms with E-state index >= 15 is 0 Å². The summed E-state index contributed by atoms with van der Waals surface area (Å²) in [6.45, 7) is 0.764. The maximum atomic E-state index is 12.3. The van der Waals surface area contributed by atoms with Gasteiger partial charge in [0.1, 0.15) is 11.5 Å². The van der Waals surface area contributed by atoms with Crippen LogP contribution >= 0.6 is 12.2 Å². The number of rotatable bonds is 3. The van der Waals surface area contributed by atoms with Crippen molar-refractivity contribution in [2.45, 2.75) is 13.1 Å². The van der Waals surface area contributed by atoms with Crippen molar-refractivity contribution in [3.8, 4) is 0 Å². The second-order valence-electron chi connectivity index (χ2n) is 3.86. The average Bonchev–Trinajstić information content (AvgIpc) is 2.14. The molecule has 0 aliphatic rings. The number of aryl methyl sites for hydroxylation is 1. The van der Waals surface area contributed by atoms with Crippen LogP contribution in [0.3, 0.4) is 0 Å². The number of anilines is 1. The molecule has 94 valence electrons. The van der Waals surface area contributed by atoms with Crippen molar-refractivity contribution in [3.05, 3.63) is 29.3 Å². The average molecular weight is 262 g/mol. The van der Waals surface area contributed by atoms with Crippen LogP contribution in [0.5, 0.6) is 0 Å². The molecule has 0 aliphatic heterocycles. The topological polar surface area (TPSA) is 29.3 Å². The van der Waals surface area contributed by atoms with E-state index in [1.165, 1.54) is 7.05 Å². The van der Waals surface area contributed by atoms with E-state index < -0.39 is 12.7 Å². The quantitative estimate of drug-likeness (QED) is 0.849. The third-order valence-corrected chi connectivity index (χ3v) is 2.47. The molecule has 6 heteroatoms. The van der Waals surface area contributed by atoms with Crippen LogP contribution in [-0.2, 0) is 0 Å². The monoisotopic (exact) mass is 262 g/mol. The highest BCUT2D eigenvalue weighted by atomic mass is 32.1. The molecule has 0 saturated heterocycles. The van der Waals surface area contributed by atoms with E-state index in [4.69, 9.17) is 18.0 Å². The van der Waals surface area contributed by atoms with Gasteiger partial charge in [0.15, 0.2) is 0 Å². The largest absolute Gasteiger partial charge is 0.405 e. The molecule has 1 rings (SSSR count). The molecule has 0 heterocycles. The van der Waals surface area contributed by atoms with Gasteiger partial charge in [-0.25, -0.2) is 0 Å². The van der Waals surface area contributed by atoms with Crippen molar-refractivity contribution < 1.29 is 13.2 Å². The highest BCUT2D eigenvalue weighted by molar-refractivity contribution is 7.80. The minimum Gasteiger partial charge on any atom is -0.389 e. The zero-order valence-corrected chi connectivity index (χ0v) is 10.3. The smallest absolute Gasteiger partial charge is 0.389 e. The minimum atomic E-state index is -4.26. The number of nitrogens with zero attached hydrogens (tertiary/aromatic N) is 1. The van der Waals surface area contributed by atoms with Gasteiger partial charge in [-0.05, 0) is 24.6 Å². The third-order valence-electron chi connectivity index (χ3n) is 2.25. The van der Waals surface area contributed by atoms with Gasteiger partial charge in [0, 0.05) is 18.3 Å². The predicted octanol–water partition coefficient (Wildman–Crippen LogP) is 2.63. The van der Waals surface area contributed by atoms with E-state index in [1.54, 1.807) is 25.1 Å². The maximum absolute atomic E-state index is 12.3. The van der Waals surface area contributed by atoms with Gasteiger partial charge < -0.3 is 10.6 Å². The van der Waals surface area contributed by atoms with Crippen molar-refractivity contribution in [3.63, 3.8) is 0 Å². The molecule has 0 unspecified atom stereocenters. The normalized spacial score (nSPS) is 11.4. The number of nitrogens with two attached hydrogens (primary N) is 1.